The second-order valence-corrected chi connectivity index (χ2v) is 6.04. The number of hydrogen-bond donors (Lipinski definition) is 3. The predicted octanol–water partition coefficient (Wildman–Crippen LogP) is 1.16. The number of fused-ring (bicyclic) bond motifs is 1. The van der Waals surface area contributed by atoms with Crippen LogP contribution in [0, 0.1) is 0 Å². The van der Waals surface area contributed by atoms with E-state index in [1.165, 1.54) is 12.1 Å². The van der Waals surface area contributed by atoms with E-state index in [9.17, 15) is 18.3 Å². The summed E-state index contributed by atoms with van der Waals surface area (Å²) in [5.74, 6) is -0.109. The summed E-state index contributed by atoms with van der Waals surface area (Å²) in [6.45, 7) is 0.428. The molecule has 0 bridgehead atoms. The summed E-state index contributed by atoms with van der Waals surface area (Å²) in [6.07, 6.45) is 1.27. The largest absolute Gasteiger partial charge is 0.506 e. The number of phenolic OH excluding ortho intramolecular Hbond substituents is 1. The zero-order valence-corrected chi connectivity index (χ0v) is 12.6. The van der Waals surface area contributed by atoms with Gasteiger partial charge >= 0.3 is 5.63 Å². The number of aromatic hydroxyl groups is 1. The van der Waals surface area contributed by atoms with Crippen LogP contribution in [0.2, 0.25) is 5.02 Å². The summed E-state index contributed by atoms with van der Waals surface area (Å²) in [7, 11) is -3.67. The normalized spacial score (nSPS) is 11.0. The number of rotatable bonds is 2. The Morgan fingerprint density at radius 1 is 1.33 bits per heavy atom. The van der Waals surface area contributed by atoms with Crippen LogP contribution in [0.3, 0.4) is 0 Å². The summed E-state index contributed by atoms with van der Waals surface area (Å²) in [4.78, 5) is 11.3. The number of hydrogen-bond acceptors (Lipinski definition) is 6. The Labute approximate surface area is 125 Å². The molecule has 1 aromatic heterocycles. The maximum Gasteiger partial charge on any atom is 0.336 e. The Balaban J connectivity index is 0.000000383. The predicted molar refractivity (Wildman–Crippen MR) is 79.4 cm³/mol. The first-order valence-corrected chi connectivity index (χ1v) is 7.92. The molecular weight excluding hydrogens is 322 g/mol. The van der Waals surface area contributed by atoms with Crippen molar-refractivity contribution < 1.29 is 22.5 Å². The van der Waals surface area contributed by atoms with Gasteiger partial charge in [0.15, 0.2) is 0 Å². The lowest BCUT2D eigenvalue weighted by molar-refractivity contribution is 0.473. The molecule has 0 saturated carbocycles. The van der Waals surface area contributed by atoms with Crippen molar-refractivity contribution in [3.63, 3.8) is 0 Å². The van der Waals surface area contributed by atoms with Gasteiger partial charge in [-0.15, -0.1) is 0 Å². The lowest BCUT2D eigenvalue weighted by Gasteiger charge is -2.05. The minimum Gasteiger partial charge on any atom is -0.506 e. The van der Waals surface area contributed by atoms with Gasteiger partial charge in [-0.2, -0.15) is 8.42 Å². The van der Waals surface area contributed by atoms with E-state index in [4.69, 9.17) is 26.3 Å². The van der Waals surface area contributed by atoms with Crippen LogP contribution in [-0.4, -0.2) is 30.9 Å². The van der Waals surface area contributed by atoms with Crippen molar-refractivity contribution in [1.29, 1.82) is 0 Å². The van der Waals surface area contributed by atoms with Crippen molar-refractivity contribution in [3.8, 4) is 5.75 Å². The van der Waals surface area contributed by atoms with E-state index in [0.717, 1.165) is 5.56 Å². The van der Waals surface area contributed by atoms with E-state index in [0.29, 0.717) is 30.2 Å². The van der Waals surface area contributed by atoms with Crippen LogP contribution in [0.15, 0.2) is 27.4 Å². The van der Waals surface area contributed by atoms with Gasteiger partial charge in [-0.1, -0.05) is 11.6 Å². The molecule has 1 heterocycles. The summed E-state index contributed by atoms with van der Waals surface area (Å²) >= 11 is 5.80. The maximum absolute atomic E-state index is 11.3. The molecule has 9 heteroatoms. The molecule has 116 valence electrons. The van der Waals surface area contributed by atoms with E-state index in [1.807, 2.05) is 0 Å². The molecule has 0 spiro atoms. The van der Waals surface area contributed by atoms with Gasteiger partial charge in [-0.3, -0.25) is 4.55 Å². The first-order valence-electron chi connectivity index (χ1n) is 5.69. The molecule has 0 aliphatic carbocycles. The van der Waals surface area contributed by atoms with Gasteiger partial charge in [0, 0.05) is 17.5 Å². The molecule has 0 unspecified atom stereocenters. The van der Waals surface area contributed by atoms with Gasteiger partial charge in [0.25, 0.3) is 10.1 Å². The van der Waals surface area contributed by atoms with E-state index in [2.05, 4.69) is 0 Å². The molecule has 0 amide bonds. The van der Waals surface area contributed by atoms with Crippen LogP contribution < -0.4 is 11.4 Å². The Hall–Kier alpha value is -1.61. The fraction of sp³-hybridized carbons (Fsp3) is 0.250. The molecule has 4 N–H and O–H groups in total. The molecule has 0 saturated heterocycles. The monoisotopic (exact) mass is 335 g/mol. The highest BCUT2D eigenvalue weighted by Gasteiger charge is 2.08. The molecule has 2 aromatic rings. The van der Waals surface area contributed by atoms with Crippen molar-refractivity contribution in [2.45, 2.75) is 6.42 Å². The maximum atomic E-state index is 11.3. The highest BCUT2D eigenvalue weighted by Crippen LogP contribution is 2.29. The van der Waals surface area contributed by atoms with Crippen molar-refractivity contribution >= 4 is 32.7 Å². The van der Waals surface area contributed by atoms with Crippen molar-refractivity contribution in [2.75, 3.05) is 12.8 Å². The lowest BCUT2D eigenvalue weighted by Crippen LogP contribution is -2.07. The number of halogens is 1. The third-order valence-corrected chi connectivity index (χ3v) is 2.61. The summed E-state index contributed by atoms with van der Waals surface area (Å²) in [6, 6.07) is 4.29. The van der Waals surface area contributed by atoms with Gasteiger partial charge in [0.2, 0.25) is 0 Å². The topological polar surface area (TPSA) is 131 Å². The van der Waals surface area contributed by atoms with Crippen LogP contribution in [0.5, 0.6) is 5.75 Å². The van der Waals surface area contributed by atoms with Crippen molar-refractivity contribution in [1.82, 2.24) is 0 Å². The Kier molecular flexibility index (Phi) is 5.73. The van der Waals surface area contributed by atoms with Crippen LogP contribution >= 0.6 is 11.6 Å². The molecule has 0 aliphatic rings. The van der Waals surface area contributed by atoms with Gasteiger partial charge in [-0.05, 0) is 24.6 Å². The van der Waals surface area contributed by atoms with Gasteiger partial charge in [-0.25, -0.2) is 4.79 Å². The Morgan fingerprint density at radius 3 is 2.43 bits per heavy atom. The summed E-state index contributed by atoms with van der Waals surface area (Å²) in [5, 5.41) is 10.3. The molecule has 0 fully saturated rings. The third kappa shape index (κ3) is 5.72. The number of benzene rings is 1. The fourth-order valence-corrected chi connectivity index (χ4v) is 1.76. The molecule has 21 heavy (non-hydrogen) atoms. The molecular formula is C12H14ClNO6S. The van der Waals surface area contributed by atoms with Crippen LogP contribution in [0.1, 0.15) is 5.56 Å². The summed E-state index contributed by atoms with van der Waals surface area (Å²) in [5.41, 5.74) is 6.09. The molecule has 7 nitrogen and oxygen atoms in total. The highest BCUT2D eigenvalue weighted by molar-refractivity contribution is 7.85. The van der Waals surface area contributed by atoms with Crippen LogP contribution in [0.4, 0.5) is 0 Å². The Morgan fingerprint density at radius 2 is 1.90 bits per heavy atom. The molecule has 0 aliphatic heterocycles. The highest BCUT2D eigenvalue weighted by atomic mass is 35.5. The van der Waals surface area contributed by atoms with E-state index >= 15 is 0 Å². The average molecular weight is 336 g/mol. The van der Waals surface area contributed by atoms with E-state index in [-0.39, 0.29) is 10.8 Å². The average Bonchev–Trinajstić information content (AvgIpc) is 2.30. The van der Waals surface area contributed by atoms with E-state index < -0.39 is 15.7 Å². The van der Waals surface area contributed by atoms with Crippen LogP contribution in [-0.2, 0) is 16.5 Å². The SMILES string of the molecule is CS(=O)(=O)O.NCCc1cc(=O)oc2cc(O)c(Cl)cc12. The van der Waals surface area contributed by atoms with Crippen molar-refractivity contribution in [3.05, 3.63) is 39.2 Å². The second-order valence-electron chi connectivity index (χ2n) is 4.16. The first-order chi connectivity index (χ1) is 9.61. The second kappa shape index (κ2) is 6.90. The fourth-order valence-electron chi connectivity index (χ4n) is 1.60. The zero-order chi connectivity index (χ0) is 16.2. The zero-order valence-electron chi connectivity index (χ0n) is 11.0. The molecule has 0 atom stereocenters. The first kappa shape index (κ1) is 17.4. The summed E-state index contributed by atoms with van der Waals surface area (Å²) < 4.78 is 30.8. The minimum atomic E-state index is -3.67. The smallest absolute Gasteiger partial charge is 0.336 e. The van der Waals surface area contributed by atoms with E-state index in [1.54, 1.807) is 6.07 Å². The van der Waals surface area contributed by atoms with Crippen LogP contribution in [0.25, 0.3) is 11.0 Å². The number of nitrogens with two attached hydrogens (primary N) is 1. The van der Waals surface area contributed by atoms with Gasteiger partial charge in [0.1, 0.15) is 11.3 Å². The third-order valence-electron chi connectivity index (χ3n) is 2.31. The van der Waals surface area contributed by atoms with Gasteiger partial charge < -0.3 is 15.3 Å². The quantitative estimate of drug-likeness (QED) is 0.554. The van der Waals surface area contributed by atoms with Gasteiger partial charge in [0.05, 0.1) is 11.3 Å². The molecule has 2 rings (SSSR count). The molecule has 0 radical (unpaired) electrons. The number of phenols is 1. The molecule has 1 aromatic carbocycles. The standard InChI is InChI=1S/C11H10ClNO3.CH4O3S/c12-8-4-7-6(1-2-13)3-11(15)16-10(7)5-9(8)14;1-5(2,3)4/h3-5,14H,1-2,13H2;1H3,(H,2,3,4). The lowest BCUT2D eigenvalue weighted by atomic mass is 10.1. The van der Waals surface area contributed by atoms with Crippen molar-refractivity contribution in [2.24, 2.45) is 5.73 Å². The Bertz CT molecular complexity index is 791. The minimum absolute atomic E-state index is 0.109.